The fourth-order valence-electron chi connectivity index (χ4n) is 2.83. The second-order valence-electron chi connectivity index (χ2n) is 6.36. The highest BCUT2D eigenvalue weighted by molar-refractivity contribution is 7.89. The molecule has 0 spiro atoms. The van der Waals surface area contributed by atoms with Crippen molar-refractivity contribution < 1.29 is 17.9 Å². The van der Waals surface area contributed by atoms with Crippen molar-refractivity contribution in [1.29, 1.82) is 0 Å². The van der Waals surface area contributed by atoms with Crippen LogP contribution in [0.3, 0.4) is 0 Å². The average molecular weight is 414 g/mol. The zero-order chi connectivity index (χ0) is 20.7. The minimum atomic E-state index is -3.68. The van der Waals surface area contributed by atoms with Crippen molar-refractivity contribution in [2.45, 2.75) is 11.4 Å². The highest BCUT2D eigenvalue weighted by Crippen LogP contribution is 2.15. The van der Waals surface area contributed by atoms with Crippen LogP contribution in [0.1, 0.15) is 15.9 Å². The number of rotatable bonds is 7. The van der Waals surface area contributed by atoms with Crippen LogP contribution in [0.5, 0.6) is 0 Å². The Hall–Kier alpha value is -2.93. The minimum absolute atomic E-state index is 0.0496. The third-order valence-electron chi connectivity index (χ3n) is 4.39. The van der Waals surface area contributed by atoms with Gasteiger partial charge in [0.2, 0.25) is 10.0 Å². The molecule has 1 fully saturated rings. The fraction of sp³-hybridized carbons (Fsp3) is 0.300. The zero-order valence-electron chi connectivity index (χ0n) is 15.8. The van der Waals surface area contributed by atoms with Gasteiger partial charge in [-0.2, -0.15) is 4.72 Å². The molecule has 0 aliphatic carbocycles. The van der Waals surface area contributed by atoms with Gasteiger partial charge < -0.3 is 15.0 Å². The van der Waals surface area contributed by atoms with Crippen LogP contribution in [-0.4, -0.2) is 52.2 Å². The van der Waals surface area contributed by atoms with E-state index in [4.69, 9.17) is 11.2 Å². The normalized spacial score (nSPS) is 14.2. The number of nitrogens with zero attached hydrogens (tertiary/aromatic N) is 2. The van der Waals surface area contributed by atoms with Crippen LogP contribution in [0.15, 0.2) is 47.5 Å². The van der Waals surface area contributed by atoms with E-state index in [1.165, 1.54) is 24.3 Å². The third kappa shape index (κ3) is 5.54. The number of morpholine rings is 1. The number of ether oxygens (including phenoxy) is 1. The molecule has 1 saturated heterocycles. The summed E-state index contributed by atoms with van der Waals surface area (Å²) in [6, 6.07) is 9.46. The van der Waals surface area contributed by atoms with E-state index in [0.717, 1.165) is 24.5 Å². The number of amides is 1. The lowest BCUT2D eigenvalue weighted by atomic mass is 10.2. The first-order valence-electron chi connectivity index (χ1n) is 9.08. The van der Waals surface area contributed by atoms with Crippen LogP contribution in [0.25, 0.3) is 0 Å². The van der Waals surface area contributed by atoms with Gasteiger partial charge in [0.15, 0.2) is 0 Å². The summed E-state index contributed by atoms with van der Waals surface area (Å²) in [5.41, 5.74) is 1.29. The van der Waals surface area contributed by atoms with E-state index in [-0.39, 0.29) is 17.3 Å². The quantitative estimate of drug-likeness (QED) is 0.649. The Labute approximate surface area is 170 Å². The molecule has 1 amide bonds. The summed E-state index contributed by atoms with van der Waals surface area (Å²) in [6.07, 6.45) is 6.79. The largest absolute Gasteiger partial charge is 0.378 e. The van der Waals surface area contributed by atoms with E-state index in [9.17, 15) is 13.2 Å². The summed E-state index contributed by atoms with van der Waals surface area (Å²) in [5, 5.41) is 2.84. The maximum atomic E-state index is 12.4. The molecule has 2 heterocycles. The van der Waals surface area contributed by atoms with Gasteiger partial charge >= 0.3 is 0 Å². The molecule has 0 atom stereocenters. The van der Waals surface area contributed by atoms with Crippen molar-refractivity contribution >= 4 is 21.7 Å². The lowest BCUT2D eigenvalue weighted by Gasteiger charge is -2.28. The summed E-state index contributed by atoms with van der Waals surface area (Å²) < 4.78 is 31.7. The average Bonchev–Trinajstić information content (AvgIpc) is 2.77. The van der Waals surface area contributed by atoms with Crippen LogP contribution in [0.2, 0.25) is 0 Å². The molecule has 0 radical (unpaired) electrons. The topological polar surface area (TPSA) is 101 Å². The molecule has 1 aliphatic heterocycles. The highest BCUT2D eigenvalue weighted by atomic mass is 32.2. The van der Waals surface area contributed by atoms with Gasteiger partial charge in [-0.1, -0.05) is 5.92 Å². The first-order chi connectivity index (χ1) is 14.0. The lowest BCUT2D eigenvalue weighted by molar-refractivity contribution is 0.0951. The predicted molar refractivity (Wildman–Crippen MR) is 109 cm³/mol. The Balaban J connectivity index is 1.60. The van der Waals surface area contributed by atoms with Gasteiger partial charge in [-0.25, -0.2) is 13.4 Å². The molecule has 3 rings (SSSR count). The number of hydrogen-bond donors (Lipinski definition) is 2. The predicted octanol–water partition coefficient (Wildman–Crippen LogP) is 0.760. The Kier molecular flexibility index (Phi) is 6.82. The van der Waals surface area contributed by atoms with Crippen LogP contribution in [0.4, 0.5) is 5.82 Å². The third-order valence-corrected chi connectivity index (χ3v) is 5.81. The summed E-state index contributed by atoms with van der Waals surface area (Å²) in [5.74, 6) is 2.77. The number of carbonyl (C=O) groups excluding carboxylic acids is 1. The number of pyridine rings is 1. The number of terminal acetylenes is 1. The van der Waals surface area contributed by atoms with Crippen LogP contribution in [0, 0.1) is 12.3 Å². The molecule has 0 bridgehead atoms. The van der Waals surface area contributed by atoms with E-state index in [1.807, 2.05) is 12.1 Å². The van der Waals surface area contributed by atoms with Crippen LogP contribution >= 0.6 is 0 Å². The molecule has 29 heavy (non-hydrogen) atoms. The molecule has 1 aromatic heterocycles. The van der Waals surface area contributed by atoms with Crippen molar-refractivity contribution in [3.63, 3.8) is 0 Å². The molecule has 152 valence electrons. The Morgan fingerprint density at radius 3 is 2.62 bits per heavy atom. The van der Waals surface area contributed by atoms with E-state index in [0.29, 0.717) is 25.3 Å². The first-order valence-corrected chi connectivity index (χ1v) is 10.6. The molecule has 0 saturated carbocycles. The number of aromatic nitrogens is 1. The zero-order valence-corrected chi connectivity index (χ0v) is 16.6. The Morgan fingerprint density at radius 2 is 1.93 bits per heavy atom. The molecule has 2 N–H and O–H groups in total. The van der Waals surface area contributed by atoms with Crippen LogP contribution in [-0.2, 0) is 21.3 Å². The molecule has 1 aliphatic rings. The van der Waals surface area contributed by atoms with Crippen molar-refractivity contribution in [2.75, 3.05) is 37.7 Å². The maximum absolute atomic E-state index is 12.4. The van der Waals surface area contributed by atoms with Gasteiger partial charge in [0.05, 0.1) is 24.7 Å². The fourth-order valence-corrected chi connectivity index (χ4v) is 3.76. The standard InChI is InChI=1S/C20H22N4O4S/c1-2-8-23-29(26,27)18-5-3-17(4-6-18)20(25)22-15-16-7-9-21-19(14-16)24-10-12-28-13-11-24/h1,3-7,9,14,23H,8,10-13,15H2,(H,22,25). The molecule has 8 nitrogen and oxygen atoms in total. The molecular weight excluding hydrogens is 392 g/mol. The van der Waals surface area contributed by atoms with Gasteiger partial charge in [0.25, 0.3) is 5.91 Å². The number of hydrogen-bond acceptors (Lipinski definition) is 6. The maximum Gasteiger partial charge on any atom is 0.251 e. The van der Waals surface area contributed by atoms with E-state index >= 15 is 0 Å². The molecule has 9 heteroatoms. The second-order valence-corrected chi connectivity index (χ2v) is 8.12. The minimum Gasteiger partial charge on any atom is -0.378 e. The molecular formula is C20H22N4O4S. The number of anilines is 1. The Bertz CT molecular complexity index is 994. The Morgan fingerprint density at radius 1 is 1.21 bits per heavy atom. The van der Waals surface area contributed by atoms with Crippen molar-refractivity contribution in [3.05, 3.63) is 53.7 Å². The second kappa shape index (κ2) is 9.52. The van der Waals surface area contributed by atoms with Crippen molar-refractivity contribution in [3.8, 4) is 12.3 Å². The SMILES string of the molecule is C#CCNS(=O)(=O)c1ccc(C(=O)NCc2ccnc(N3CCOCC3)c2)cc1. The summed E-state index contributed by atoms with van der Waals surface area (Å²) in [7, 11) is -3.68. The summed E-state index contributed by atoms with van der Waals surface area (Å²) >= 11 is 0. The first kappa shape index (κ1) is 20.8. The van der Waals surface area contributed by atoms with Crippen molar-refractivity contribution in [2.24, 2.45) is 0 Å². The molecule has 0 unspecified atom stereocenters. The summed E-state index contributed by atoms with van der Waals surface area (Å²) in [4.78, 5) is 19.0. The van der Waals surface area contributed by atoms with E-state index in [2.05, 4.69) is 25.8 Å². The van der Waals surface area contributed by atoms with E-state index in [1.54, 1.807) is 6.20 Å². The number of sulfonamides is 1. The van der Waals surface area contributed by atoms with Gasteiger partial charge in [0, 0.05) is 31.4 Å². The number of carbonyl (C=O) groups is 1. The lowest BCUT2D eigenvalue weighted by Crippen LogP contribution is -2.36. The summed E-state index contributed by atoms with van der Waals surface area (Å²) in [6.45, 7) is 3.16. The number of benzene rings is 1. The molecule has 1 aromatic carbocycles. The smallest absolute Gasteiger partial charge is 0.251 e. The van der Waals surface area contributed by atoms with Crippen molar-refractivity contribution in [1.82, 2.24) is 15.0 Å². The van der Waals surface area contributed by atoms with Gasteiger partial charge in [-0.15, -0.1) is 6.42 Å². The monoisotopic (exact) mass is 414 g/mol. The highest BCUT2D eigenvalue weighted by Gasteiger charge is 2.15. The van der Waals surface area contributed by atoms with Gasteiger partial charge in [0.1, 0.15) is 5.82 Å². The molecule has 2 aromatic rings. The van der Waals surface area contributed by atoms with E-state index < -0.39 is 10.0 Å². The number of nitrogens with one attached hydrogen (secondary N) is 2. The van der Waals surface area contributed by atoms with Gasteiger partial charge in [-0.3, -0.25) is 4.79 Å². The van der Waals surface area contributed by atoms with Crippen LogP contribution < -0.4 is 14.9 Å². The van der Waals surface area contributed by atoms with Gasteiger partial charge in [-0.05, 0) is 42.0 Å².